The van der Waals surface area contributed by atoms with Gasteiger partial charge in [-0.25, -0.2) is 0 Å². The standard InChI is InChI=1S/C37H38N2O3/c1-26-30(13-6-15-32(26)29-11-3-2-4-12-29)25-42-36-20-37(41-24-28-10-5-9-27(19-28)21-38)35(33-16-7-17-34(33)36)22-39-18-8-14-31(39)23-40/h2-6,9-13,15,19-20,31,40H,7-8,14,16-18,22-25H2,1H3/t31-/m0/s1. The highest BCUT2D eigenvalue weighted by Crippen LogP contribution is 2.41. The topological polar surface area (TPSA) is 65.7 Å². The molecule has 4 aromatic carbocycles. The third kappa shape index (κ3) is 5.92. The number of hydrogen-bond donors (Lipinski definition) is 1. The number of hydrogen-bond acceptors (Lipinski definition) is 5. The van der Waals surface area contributed by atoms with Crippen molar-refractivity contribution in [1.82, 2.24) is 4.90 Å². The number of rotatable bonds is 10. The Kier molecular flexibility index (Phi) is 8.55. The summed E-state index contributed by atoms with van der Waals surface area (Å²) in [5, 5.41) is 19.4. The van der Waals surface area contributed by atoms with Gasteiger partial charge in [-0.3, -0.25) is 4.90 Å². The van der Waals surface area contributed by atoms with E-state index >= 15 is 0 Å². The van der Waals surface area contributed by atoms with Gasteiger partial charge >= 0.3 is 0 Å². The third-order valence-electron chi connectivity index (χ3n) is 8.87. The van der Waals surface area contributed by atoms with Gasteiger partial charge < -0.3 is 14.6 Å². The molecule has 0 aromatic heterocycles. The summed E-state index contributed by atoms with van der Waals surface area (Å²) in [7, 11) is 0. The summed E-state index contributed by atoms with van der Waals surface area (Å²) in [5.74, 6) is 1.74. The number of benzene rings is 4. The van der Waals surface area contributed by atoms with Crippen molar-refractivity contribution in [2.24, 2.45) is 0 Å². The average Bonchev–Trinajstić information content (AvgIpc) is 3.71. The maximum Gasteiger partial charge on any atom is 0.128 e. The lowest BCUT2D eigenvalue weighted by atomic mass is 9.97. The van der Waals surface area contributed by atoms with Gasteiger partial charge in [0.1, 0.15) is 24.7 Å². The van der Waals surface area contributed by atoms with Crippen molar-refractivity contribution in [2.45, 2.75) is 64.8 Å². The van der Waals surface area contributed by atoms with Crippen molar-refractivity contribution >= 4 is 0 Å². The van der Waals surface area contributed by atoms with Crippen molar-refractivity contribution in [2.75, 3.05) is 13.2 Å². The molecule has 0 spiro atoms. The minimum Gasteiger partial charge on any atom is -0.488 e. The molecule has 214 valence electrons. The molecule has 0 saturated carbocycles. The van der Waals surface area contributed by atoms with Gasteiger partial charge in [0.15, 0.2) is 0 Å². The minimum absolute atomic E-state index is 0.182. The van der Waals surface area contributed by atoms with Crippen LogP contribution in [0, 0.1) is 18.3 Å². The lowest BCUT2D eigenvalue weighted by Crippen LogP contribution is -2.32. The van der Waals surface area contributed by atoms with E-state index in [9.17, 15) is 10.4 Å². The Labute approximate surface area is 249 Å². The molecule has 6 rings (SSSR count). The molecule has 4 aromatic rings. The molecule has 1 N–H and O–H groups in total. The Hall–Kier alpha value is -4.11. The largest absolute Gasteiger partial charge is 0.488 e. The highest BCUT2D eigenvalue weighted by atomic mass is 16.5. The van der Waals surface area contributed by atoms with E-state index in [0.29, 0.717) is 18.8 Å². The summed E-state index contributed by atoms with van der Waals surface area (Å²) in [6, 6.07) is 29.0. The molecule has 1 saturated heterocycles. The summed E-state index contributed by atoms with van der Waals surface area (Å²) < 4.78 is 13.2. The van der Waals surface area contributed by atoms with E-state index in [1.54, 1.807) is 0 Å². The van der Waals surface area contributed by atoms with Crippen LogP contribution in [0.1, 0.15) is 58.2 Å². The van der Waals surface area contributed by atoms with Crippen LogP contribution in [0.2, 0.25) is 0 Å². The Morgan fingerprint density at radius 2 is 1.69 bits per heavy atom. The number of fused-ring (bicyclic) bond motifs is 1. The molecule has 1 fully saturated rings. The Bertz CT molecular complexity index is 1590. The van der Waals surface area contributed by atoms with Crippen LogP contribution in [0.25, 0.3) is 11.1 Å². The van der Waals surface area contributed by atoms with Crippen molar-refractivity contribution in [3.63, 3.8) is 0 Å². The molecule has 1 aliphatic carbocycles. The van der Waals surface area contributed by atoms with E-state index in [-0.39, 0.29) is 12.6 Å². The summed E-state index contributed by atoms with van der Waals surface area (Å²) in [5.41, 5.74) is 10.3. The van der Waals surface area contributed by atoms with Crippen LogP contribution in [0.3, 0.4) is 0 Å². The molecule has 0 unspecified atom stereocenters. The quantitative estimate of drug-likeness (QED) is 0.224. The molecular weight excluding hydrogens is 520 g/mol. The fourth-order valence-electron chi connectivity index (χ4n) is 6.55. The number of nitriles is 1. The summed E-state index contributed by atoms with van der Waals surface area (Å²) in [6.45, 7) is 4.97. The molecule has 5 heteroatoms. The number of nitrogens with zero attached hydrogens (tertiary/aromatic N) is 2. The van der Waals surface area contributed by atoms with E-state index in [4.69, 9.17) is 9.47 Å². The molecule has 5 nitrogen and oxygen atoms in total. The smallest absolute Gasteiger partial charge is 0.128 e. The number of aliphatic hydroxyl groups is 1. The maximum atomic E-state index is 10.00. The first kappa shape index (κ1) is 28.0. The van der Waals surface area contributed by atoms with Gasteiger partial charge in [-0.2, -0.15) is 5.26 Å². The molecule has 0 bridgehead atoms. The molecule has 0 amide bonds. The second-order valence-electron chi connectivity index (χ2n) is 11.5. The lowest BCUT2D eigenvalue weighted by molar-refractivity contribution is 0.151. The summed E-state index contributed by atoms with van der Waals surface area (Å²) in [4.78, 5) is 2.40. The van der Waals surface area contributed by atoms with E-state index in [1.807, 2.05) is 30.3 Å². The Balaban J connectivity index is 1.31. The van der Waals surface area contributed by atoms with Gasteiger partial charge in [-0.05, 0) is 96.6 Å². The lowest BCUT2D eigenvalue weighted by Gasteiger charge is -2.26. The normalized spacial score (nSPS) is 16.3. The first-order valence-electron chi connectivity index (χ1n) is 15.1. The molecule has 1 atom stereocenters. The predicted molar refractivity (Wildman–Crippen MR) is 165 cm³/mol. The summed E-state index contributed by atoms with van der Waals surface area (Å²) in [6.07, 6.45) is 5.22. The van der Waals surface area contributed by atoms with Crippen molar-refractivity contribution in [3.05, 3.63) is 118 Å². The van der Waals surface area contributed by atoms with E-state index in [1.165, 1.54) is 38.9 Å². The van der Waals surface area contributed by atoms with E-state index in [0.717, 1.165) is 62.3 Å². The van der Waals surface area contributed by atoms with E-state index < -0.39 is 0 Å². The molecular formula is C37H38N2O3. The molecule has 1 aliphatic heterocycles. The zero-order valence-electron chi connectivity index (χ0n) is 24.3. The first-order chi connectivity index (χ1) is 20.6. The Morgan fingerprint density at radius 1 is 0.881 bits per heavy atom. The summed E-state index contributed by atoms with van der Waals surface area (Å²) >= 11 is 0. The van der Waals surface area contributed by atoms with Crippen LogP contribution in [0.5, 0.6) is 11.5 Å². The van der Waals surface area contributed by atoms with Gasteiger partial charge in [0.2, 0.25) is 0 Å². The van der Waals surface area contributed by atoms with E-state index in [2.05, 4.69) is 66.4 Å². The fourth-order valence-corrected chi connectivity index (χ4v) is 6.55. The average molecular weight is 559 g/mol. The van der Waals surface area contributed by atoms with Crippen LogP contribution in [-0.2, 0) is 32.6 Å². The van der Waals surface area contributed by atoms with Gasteiger partial charge in [-0.1, -0.05) is 60.7 Å². The van der Waals surface area contributed by atoms with Crippen LogP contribution < -0.4 is 9.47 Å². The number of ether oxygens (including phenoxy) is 2. The zero-order chi connectivity index (χ0) is 28.9. The fraction of sp³-hybridized carbons (Fsp3) is 0.324. The molecule has 0 radical (unpaired) electrons. The molecule has 42 heavy (non-hydrogen) atoms. The Morgan fingerprint density at radius 3 is 2.52 bits per heavy atom. The van der Waals surface area contributed by atoms with Crippen LogP contribution in [-0.4, -0.2) is 29.2 Å². The number of aliphatic hydroxyl groups excluding tert-OH is 1. The van der Waals surface area contributed by atoms with Gasteiger partial charge in [-0.15, -0.1) is 0 Å². The predicted octanol–water partition coefficient (Wildman–Crippen LogP) is 7.14. The van der Waals surface area contributed by atoms with Crippen molar-refractivity contribution in [1.29, 1.82) is 5.26 Å². The molecule has 1 heterocycles. The second-order valence-corrected chi connectivity index (χ2v) is 11.5. The first-order valence-corrected chi connectivity index (χ1v) is 15.1. The monoisotopic (exact) mass is 558 g/mol. The third-order valence-corrected chi connectivity index (χ3v) is 8.87. The van der Waals surface area contributed by atoms with Crippen molar-refractivity contribution < 1.29 is 14.6 Å². The van der Waals surface area contributed by atoms with Crippen LogP contribution in [0.15, 0.2) is 78.9 Å². The van der Waals surface area contributed by atoms with Gasteiger partial charge in [0.25, 0.3) is 0 Å². The highest BCUT2D eigenvalue weighted by Gasteiger charge is 2.29. The second kappa shape index (κ2) is 12.8. The highest BCUT2D eigenvalue weighted by molar-refractivity contribution is 5.68. The van der Waals surface area contributed by atoms with Crippen LogP contribution in [0.4, 0.5) is 0 Å². The van der Waals surface area contributed by atoms with Crippen molar-refractivity contribution in [3.8, 4) is 28.7 Å². The number of likely N-dealkylation sites (tertiary alicyclic amines) is 1. The maximum absolute atomic E-state index is 10.00. The van der Waals surface area contributed by atoms with Gasteiger partial charge in [0, 0.05) is 24.2 Å². The minimum atomic E-state index is 0.182. The molecule has 2 aliphatic rings. The van der Waals surface area contributed by atoms with Gasteiger partial charge in [0.05, 0.1) is 18.2 Å². The van der Waals surface area contributed by atoms with Crippen LogP contribution >= 0.6 is 0 Å². The zero-order valence-corrected chi connectivity index (χ0v) is 24.3. The SMILES string of the molecule is Cc1c(COc2cc(OCc3cccc(C#N)c3)c(CN3CCC[C@H]3CO)c3c2CCC3)cccc1-c1ccccc1.